The molecule has 31 heavy (non-hydrogen) atoms. The minimum Gasteiger partial charge on any atom is -0.490 e. The Morgan fingerprint density at radius 2 is 1.81 bits per heavy atom. The molecule has 2 aromatic carbocycles. The number of ether oxygens (including phenoxy) is 1. The van der Waals surface area contributed by atoms with Crippen molar-refractivity contribution in [3.8, 4) is 5.75 Å². The molecule has 0 saturated carbocycles. The van der Waals surface area contributed by atoms with Crippen LogP contribution in [0.2, 0.25) is 0 Å². The predicted molar refractivity (Wildman–Crippen MR) is 112 cm³/mol. The van der Waals surface area contributed by atoms with Gasteiger partial charge in [0.1, 0.15) is 17.3 Å². The smallest absolute Gasteiger partial charge is 0.244 e. The summed E-state index contributed by atoms with van der Waals surface area (Å²) in [6.07, 6.45) is 3.96. The summed E-state index contributed by atoms with van der Waals surface area (Å²) < 4.78 is 71.3. The minimum atomic E-state index is -3.85. The fourth-order valence-corrected chi connectivity index (χ4v) is 3.04. The maximum absolute atomic E-state index is 14.0. The third-order valence-electron chi connectivity index (χ3n) is 4.15. The van der Waals surface area contributed by atoms with Crippen molar-refractivity contribution in [2.75, 3.05) is 11.0 Å². The summed E-state index contributed by atoms with van der Waals surface area (Å²) in [7, 11) is -3.85. The van der Waals surface area contributed by atoms with Crippen LogP contribution in [0.5, 0.6) is 5.75 Å². The first-order chi connectivity index (χ1) is 14.5. The number of anilines is 1. The molecule has 0 aliphatic heterocycles. The highest BCUT2D eigenvalue weighted by molar-refractivity contribution is 7.92. The molecule has 6 nitrogen and oxygen atoms in total. The molecule has 1 amide bonds. The Kier molecular flexibility index (Phi) is 8.09. The lowest BCUT2D eigenvalue weighted by Crippen LogP contribution is -2.21. The average molecular weight is 456 g/mol. The van der Waals surface area contributed by atoms with Gasteiger partial charge in [0.2, 0.25) is 15.9 Å². The van der Waals surface area contributed by atoms with Crippen LogP contribution in [-0.2, 0) is 21.4 Å². The van der Waals surface area contributed by atoms with E-state index in [1.165, 1.54) is 30.4 Å². The van der Waals surface area contributed by atoms with E-state index >= 15 is 0 Å². The zero-order chi connectivity index (χ0) is 23.2. The Balaban J connectivity index is 2.07. The lowest BCUT2D eigenvalue weighted by Gasteiger charge is -2.14. The summed E-state index contributed by atoms with van der Waals surface area (Å²) in [4.78, 5) is 12.1. The topological polar surface area (TPSA) is 84.5 Å². The molecule has 0 fully saturated rings. The van der Waals surface area contributed by atoms with Gasteiger partial charge in [-0.05, 0) is 49.2 Å². The molecule has 0 radical (unpaired) electrons. The van der Waals surface area contributed by atoms with Crippen LogP contribution in [0.1, 0.15) is 31.4 Å². The Labute approximate surface area is 179 Å². The monoisotopic (exact) mass is 456 g/mol. The highest BCUT2D eigenvalue weighted by atomic mass is 32.2. The molecule has 0 aliphatic rings. The maximum Gasteiger partial charge on any atom is 0.244 e. The van der Waals surface area contributed by atoms with Crippen molar-refractivity contribution in [1.82, 2.24) is 5.32 Å². The molecule has 2 aromatic rings. The molecule has 2 rings (SSSR count). The largest absolute Gasteiger partial charge is 0.490 e. The standard InChI is InChI=1S/C21H23F3N2O4S/c1-4-13(2)30-19-11-16(22)7-5-15(19)6-8-20(27)25-12-14-9-17(23)21(18(24)10-14)26-31(3,28)29/h5-11,13,26H,4,12H2,1-3H3,(H,25,27)/b8-6+. The van der Waals surface area contributed by atoms with Crippen molar-refractivity contribution in [3.05, 3.63) is 65.0 Å². The number of nitrogens with one attached hydrogen (secondary N) is 2. The van der Waals surface area contributed by atoms with Crippen LogP contribution < -0.4 is 14.8 Å². The summed E-state index contributed by atoms with van der Waals surface area (Å²) in [6.45, 7) is 3.55. The summed E-state index contributed by atoms with van der Waals surface area (Å²) in [5.41, 5.74) is -0.203. The van der Waals surface area contributed by atoms with E-state index in [1.807, 2.05) is 13.8 Å². The van der Waals surface area contributed by atoms with E-state index in [2.05, 4.69) is 5.32 Å². The second kappa shape index (κ2) is 10.3. The summed E-state index contributed by atoms with van der Waals surface area (Å²) in [5, 5.41) is 2.46. The van der Waals surface area contributed by atoms with Crippen molar-refractivity contribution in [1.29, 1.82) is 0 Å². The number of hydrogen-bond acceptors (Lipinski definition) is 4. The van der Waals surface area contributed by atoms with Crippen LogP contribution in [0, 0.1) is 17.5 Å². The molecule has 1 unspecified atom stereocenters. The predicted octanol–water partition coefficient (Wildman–Crippen LogP) is 3.98. The first-order valence-electron chi connectivity index (χ1n) is 9.36. The van der Waals surface area contributed by atoms with Crippen LogP contribution >= 0.6 is 0 Å². The van der Waals surface area contributed by atoms with Gasteiger partial charge in [-0.2, -0.15) is 0 Å². The number of carbonyl (C=O) groups is 1. The van der Waals surface area contributed by atoms with Gasteiger partial charge in [-0.25, -0.2) is 21.6 Å². The number of carbonyl (C=O) groups excluding carboxylic acids is 1. The third kappa shape index (κ3) is 7.63. The fraction of sp³-hybridized carbons (Fsp3) is 0.286. The van der Waals surface area contributed by atoms with Crippen molar-refractivity contribution in [2.24, 2.45) is 0 Å². The first-order valence-corrected chi connectivity index (χ1v) is 11.3. The van der Waals surface area contributed by atoms with Gasteiger partial charge in [0.25, 0.3) is 0 Å². The number of hydrogen-bond donors (Lipinski definition) is 2. The SMILES string of the molecule is CCC(C)Oc1cc(F)ccc1/C=C/C(=O)NCc1cc(F)c(NS(C)(=O)=O)c(F)c1. The van der Waals surface area contributed by atoms with Gasteiger partial charge in [-0.15, -0.1) is 0 Å². The molecule has 0 aromatic heterocycles. The van der Waals surface area contributed by atoms with Gasteiger partial charge in [0.05, 0.1) is 12.4 Å². The van der Waals surface area contributed by atoms with Crippen LogP contribution in [0.3, 0.4) is 0 Å². The number of amides is 1. The summed E-state index contributed by atoms with van der Waals surface area (Å²) >= 11 is 0. The number of sulfonamides is 1. The number of rotatable bonds is 9. The van der Waals surface area contributed by atoms with E-state index in [0.717, 1.165) is 18.4 Å². The molecule has 2 N–H and O–H groups in total. The van der Waals surface area contributed by atoms with Crippen LogP contribution in [0.25, 0.3) is 6.08 Å². The van der Waals surface area contributed by atoms with Gasteiger partial charge in [0.15, 0.2) is 11.6 Å². The number of halogens is 3. The van der Waals surface area contributed by atoms with Gasteiger partial charge in [-0.1, -0.05) is 6.92 Å². The Hall–Kier alpha value is -3.01. The van der Waals surface area contributed by atoms with Crippen molar-refractivity contribution >= 4 is 27.7 Å². The minimum absolute atomic E-state index is 0.0957. The van der Waals surface area contributed by atoms with Crippen molar-refractivity contribution in [3.63, 3.8) is 0 Å². The Bertz CT molecular complexity index is 1070. The lowest BCUT2D eigenvalue weighted by atomic mass is 10.1. The molecule has 0 saturated heterocycles. The van der Waals surface area contributed by atoms with E-state index in [4.69, 9.17) is 4.74 Å². The Morgan fingerprint density at radius 1 is 1.16 bits per heavy atom. The lowest BCUT2D eigenvalue weighted by molar-refractivity contribution is -0.116. The normalized spacial score (nSPS) is 12.6. The molecular formula is C21H23F3N2O4S. The summed E-state index contributed by atoms with van der Waals surface area (Å²) in [5.74, 6) is -2.96. The second-order valence-corrected chi connectivity index (χ2v) is 8.63. The van der Waals surface area contributed by atoms with Crippen LogP contribution in [-0.4, -0.2) is 26.7 Å². The maximum atomic E-state index is 14.0. The summed E-state index contributed by atoms with van der Waals surface area (Å²) in [6, 6.07) is 5.76. The van der Waals surface area contributed by atoms with Crippen LogP contribution in [0.4, 0.5) is 18.9 Å². The van der Waals surface area contributed by atoms with Gasteiger partial charge in [0, 0.05) is 24.3 Å². The van der Waals surface area contributed by atoms with Gasteiger partial charge >= 0.3 is 0 Å². The van der Waals surface area contributed by atoms with Gasteiger partial charge < -0.3 is 10.1 Å². The van der Waals surface area contributed by atoms with Gasteiger partial charge in [-0.3, -0.25) is 9.52 Å². The first kappa shape index (κ1) is 24.3. The molecule has 1 atom stereocenters. The molecule has 0 aliphatic carbocycles. The van der Waals surface area contributed by atoms with E-state index < -0.39 is 39.1 Å². The molecule has 0 heterocycles. The zero-order valence-corrected chi connectivity index (χ0v) is 18.0. The van der Waals surface area contributed by atoms with Crippen molar-refractivity contribution in [2.45, 2.75) is 32.9 Å². The molecule has 168 valence electrons. The highest BCUT2D eigenvalue weighted by Gasteiger charge is 2.15. The highest BCUT2D eigenvalue weighted by Crippen LogP contribution is 2.24. The molecular weight excluding hydrogens is 433 g/mol. The third-order valence-corrected chi connectivity index (χ3v) is 4.72. The molecule has 0 bridgehead atoms. The van der Waals surface area contributed by atoms with E-state index in [9.17, 15) is 26.4 Å². The zero-order valence-electron chi connectivity index (χ0n) is 17.2. The van der Waals surface area contributed by atoms with Crippen LogP contribution in [0.15, 0.2) is 36.4 Å². The average Bonchev–Trinajstić information content (AvgIpc) is 2.67. The van der Waals surface area contributed by atoms with E-state index in [-0.39, 0.29) is 24.0 Å². The molecule has 0 spiro atoms. The number of benzene rings is 2. The Morgan fingerprint density at radius 3 is 2.39 bits per heavy atom. The molecule has 10 heteroatoms. The second-order valence-electron chi connectivity index (χ2n) is 6.88. The van der Waals surface area contributed by atoms with Crippen molar-refractivity contribution < 1.29 is 31.1 Å². The fourth-order valence-electron chi connectivity index (χ4n) is 2.47. The van der Waals surface area contributed by atoms with E-state index in [1.54, 1.807) is 4.72 Å². The van der Waals surface area contributed by atoms with E-state index in [0.29, 0.717) is 12.0 Å². The quantitative estimate of drug-likeness (QED) is 0.559.